The molecule has 1 amide bonds. The summed E-state index contributed by atoms with van der Waals surface area (Å²) in [4.78, 5) is 14.3. The van der Waals surface area contributed by atoms with E-state index in [1.807, 2.05) is 35.2 Å². The molecule has 6 nitrogen and oxygen atoms in total. The minimum Gasteiger partial charge on any atom is -0.484 e. The molecule has 0 saturated carbocycles. The third kappa shape index (κ3) is 6.05. The van der Waals surface area contributed by atoms with E-state index >= 15 is 0 Å². The molecule has 7 heteroatoms. The summed E-state index contributed by atoms with van der Waals surface area (Å²) < 4.78 is 33.5. The Bertz CT molecular complexity index is 890. The third-order valence-electron chi connectivity index (χ3n) is 5.09. The average Bonchev–Trinajstić information content (AvgIpc) is 3.02. The number of ether oxygens (including phenoxy) is 1. The Hall–Kier alpha value is -2.38. The molecule has 0 radical (unpaired) electrons. The van der Waals surface area contributed by atoms with Crippen molar-refractivity contribution in [1.82, 2.24) is 9.62 Å². The van der Waals surface area contributed by atoms with Crippen molar-refractivity contribution in [3.05, 3.63) is 60.2 Å². The molecular weight excluding hydrogens is 388 g/mol. The summed E-state index contributed by atoms with van der Waals surface area (Å²) in [5, 5.41) is 0. The van der Waals surface area contributed by atoms with Crippen molar-refractivity contribution >= 4 is 15.9 Å². The van der Waals surface area contributed by atoms with Crippen LogP contribution in [-0.2, 0) is 14.8 Å². The lowest BCUT2D eigenvalue weighted by atomic mass is 10.1. The summed E-state index contributed by atoms with van der Waals surface area (Å²) in [7, 11) is -3.66. The van der Waals surface area contributed by atoms with Gasteiger partial charge in [0.1, 0.15) is 5.75 Å². The van der Waals surface area contributed by atoms with Gasteiger partial charge >= 0.3 is 0 Å². The molecule has 3 rings (SSSR count). The van der Waals surface area contributed by atoms with Gasteiger partial charge in [0, 0.05) is 19.1 Å². The quantitative estimate of drug-likeness (QED) is 0.749. The normalized spacial score (nSPS) is 16.1. The molecule has 1 aliphatic rings. The highest BCUT2D eigenvalue weighted by atomic mass is 32.2. The number of carbonyl (C=O) groups is 1. The van der Waals surface area contributed by atoms with Crippen molar-refractivity contribution in [1.29, 1.82) is 0 Å². The SMILES string of the molecule is CC(NS(=O)(=O)c1ccc(OCC(=O)N2CCCCCC2)cc1)c1ccccc1. The number of benzene rings is 2. The molecule has 0 aliphatic carbocycles. The van der Waals surface area contributed by atoms with Crippen molar-refractivity contribution in [2.45, 2.75) is 43.5 Å². The van der Waals surface area contributed by atoms with Gasteiger partial charge in [-0.3, -0.25) is 4.79 Å². The van der Waals surface area contributed by atoms with Crippen LogP contribution < -0.4 is 9.46 Å². The molecule has 1 aliphatic heterocycles. The van der Waals surface area contributed by atoms with Gasteiger partial charge in [0.05, 0.1) is 4.90 Å². The number of sulfonamides is 1. The van der Waals surface area contributed by atoms with Gasteiger partial charge in [0.25, 0.3) is 5.91 Å². The van der Waals surface area contributed by atoms with Crippen molar-refractivity contribution in [2.24, 2.45) is 0 Å². The van der Waals surface area contributed by atoms with E-state index in [9.17, 15) is 13.2 Å². The van der Waals surface area contributed by atoms with E-state index in [2.05, 4.69) is 4.72 Å². The lowest BCUT2D eigenvalue weighted by molar-refractivity contribution is -0.133. The molecule has 29 heavy (non-hydrogen) atoms. The second-order valence-electron chi connectivity index (χ2n) is 7.31. The predicted molar refractivity (Wildman–Crippen MR) is 112 cm³/mol. The number of hydrogen-bond acceptors (Lipinski definition) is 4. The Morgan fingerprint density at radius 2 is 1.62 bits per heavy atom. The lowest BCUT2D eigenvalue weighted by Crippen LogP contribution is -2.35. The highest BCUT2D eigenvalue weighted by Crippen LogP contribution is 2.20. The lowest BCUT2D eigenvalue weighted by Gasteiger charge is -2.20. The molecule has 0 bridgehead atoms. The zero-order valence-corrected chi connectivity index (χ0v) is 17.5. The van der Waals surface area contributed by atoms with Crippen LogP contribution in [0.4, 0.5) is 0 Å². The largest absolute Gasteiger partial charge is 0.484 e. The van der Waals surface area contributed by atoms with E-state index < -0.39 is 10.0 Å². The van der Waals surface area contributed by atoms with E-state index in [-0.39, 0.29) is 23.5 Å². The van der Waals surface area contributed by atoms with Gasteiger partial charge in [-0.25, -0.2) is 13.1 Å². The molecule has 1 heterocycles. The van der Waals surface area contributed by atoms with Crippen LogP contribution in [0.1, 0.15) is 44.2 Å². The fourth-order valence-electron chi connectivity index (χ4n) is 3.38. The summed E-state index contributed by atoms with van der Waals surface area (Å²) in [6, 6.07) is 15.2. The number of carbonyl (C=O) groups excluding carboxylic acids is 1. The van der Waals surface area contributed by atoms with Crippen molar-refractivity contribution < 1.29 is 17.9 Å². The molecule has 2 aromatic rings. The highest BCUT2D eigenvalue weighted by molar-refractivity contribution is 7.89. The Kier molecular flexibility index (Phi) is 7.28. The molecule has 1 atom stereocenters. The number of amides is 1. The van der Waals surface area contributed by atoms with Gasteiger partial charge in [0.2, 0.25) is 10.0 Å². The number of nitrogens with one attached hydrogen (secondary N) is 1. The topological polar surface area (TPSA) is 75.7 Å². The fourth-order valence-corrected chi connectivity index (χ4v) is 4.61. The van der Waals surface area contributed by atoms with Gasteiger partial charge in [-0.05, 0) is 49.6 Å². The van der Waals surface area contributed by atoms with Crippen molar-refractivity contribution in [3.63, 3.8) is 0 Å². The molecule has 1 fully saturated rings. The Morgan fingerprint density at radius 1 is 1.00 bits per heavy atom. The number of nitrogens with zero attached hydrogens (tertiary/aromatic N) is 1. The predicted octanol–water partition coefficient (Wildman–Crippen LogP) is 3.51. The first-order valence-electron chi connectivity index (χ1n) is 10.0. The summed E-state index contributed by atoms with van der Waals surface area (Å²) in [6.07, 6.45) is 4.40. The van der Waals surface area contributed by atoms with Crippen LogP contribution in [0.15, 0.2) is 59.5 Å². The molecule has 1 unspecified atom stereocenters. The number of hydrogen-bond donors (Lipinski definition) is 1. The van der Waals surface area contributed by atoms with Gasteiger partial charge < -0.3 is 9.64 Å². The monoisotopic (exact) mass is 416 g/mol. The maximum atomic E-state index is 12.6. The second kappa shape index (κ2) is 9.89. The van der Waals surface area contributed by atoms with E-state index in [0.29, 0.717) is 5.75 Å². The average molecular weight is 417 g/mol. The Labute approximate surface area is 172 Å². The first kappa shape index (κ1) is 21.3. The molecule has 0 spiro atoms. The summed E-state index contributed by atoms with van der Waals surface area (Å²) in [5.74, 6) is 0.449. The first-order valence-corrected chi connectivity index (χ1v) is 11.5. The van der Waals surface area contributed by atoms with Gasteiger partial charge in [0.15, 0.2) is 6.61 Å². The zero-order chi connectivity index (χ0) is 20.7. The molecule has 0 aromatic heterocycles. The van der Waals surface area contributed by atoms with Crippen molar-refractivity contribution in [2.75, 3.05) is 19.7 Å². The van der Waals surface area contributed by atoms with Crippen LogP contribution in [0.3, 0.4) is 0 Å². The minimum atomic E-state index is -3.66. The van der Waals surface area contributed by atoms with Crippen LogP contribution >= 0.6 is 0 Å². The van der Waals surface area contributed by atoms with E-state index in [1.165, 1.54) is 12.1 Å². The van der Waals surface area contributed by atoms with Crippen LogP contribution in [0.25, 0.3) is 0 Å². The maximum Gasteiger partial charge on any atom is 0.260 e. The Balaban J connectivity index is 1.56. The third-order valence-corrected chi connectivity index (χ3v) is 6.64. The smallest absolute Gasteiger partial charge is 0.260 e. The van der Waals surface area contributed by atoms with Crippen LogP contribution in [0, 0.1) is 0 Å². The second-order valence-corrected chi connectivity index (χ2v) is 9.02. The Morgan fingerprint density at radius 3 is 2.24 bits per heavy atom. The van der Waals surface area contributed by atoms with Gasteiger partial charge in [-0.15, -0.1) is 0 Å². The van der Waals surface area contributed by atoms with E-state index in [0.717, 1.165) is 44.3 Å². The molecule has 1 saturated heterocycles. The van der Waals surface area contributed by atoms with Crippen LogP contribution in [0.2, 0.25) is 0 Å². The molecular formula is C22H28N2O4S. The minimum absolute atomic E-state index is 0.0260. The van der Waals surface area contributed by atoms with E-state index in [1.54, 1.807) is 19.1 Å². The number of rotatable bonds is 7. The highest BCUT2D eigenvalue weighted by Gasteiger charge is 2.19. The molecule has 156 valence electrons. The fraction of sp³-hybridized carbons (Fsp3) is 0.409. The summed E-state index contributed by atoms with van der Waals surface area (Å²) in [5.41, 5.74) is 0.892. The van der Waals surface area contributed by atoms with Gasteiger partial charge in [-0.1, -0.05) is 43.2 Å². The maximum absolute atomic E-state index is 12.6. The van der Waals surface area contributed by atoms with Crippen molar-refractivity contribution in [3.8, 4) is 5.75 Å². The van der Waals surface area contributed by atoms with Crippen LogP contribution in [0.5, 0.6) is 5.75 Å². The summed E-state index contributed by atoms with van der Waals surface area (Å²) in [6.45, 7) is 3.34. The first-order chi connectivity index (χ1) is 14.0. The standard InChI is InChI=1S/C22H28N2O4S/c1-18(19-9-5-4-6-10-19)23-29(26,27)21-13-11-20(12-14-21)28-17-22(25)24-15-7-2-3-8-16-24/h4-6,9-14,18,23H,2-3,7-8,15-17H2,1H3. The van der Waals surface area contributed by atoms with Crippen LogP contribution in [-0.4, -0.2) is 38.9 Å². The van der Waals surface area contributed by atoms with Gasteiger partial charge in [-0.2, -0.15) is 0 Å². The molecule has 2 aromatic carbocycles. The zero-order valence-electron chi connectivity index (χ0n) is 16.7. The summed E-state index contributed by atoms with van der Waals surface area (Å²) >= 11 is 0. The number of likely N-dealkylation sites (tertiary alicyclic amines) is 1. The molecule has 1 N–H and O–H groups in total. The van der Waals surface area contributed by atoms with E-state index in [4.69, 9.17) is 4.74 Å².